The number of anilines is 1. The Hall–Kier alpha value is -2.48. The lowest BCUT2D eigenvalue weighted by Gasteiger charge is -2.41. The average molecular weight is 412 g/mol. The maximum absolute atomic E-state index is 10.9. The molecule has 1 fully saturated rings. The van der Waals surface area contributed by atoms with Crippen LogP contribution in [0.5, 0.6) is 17.2 Å². The molecule has 30 heavy (non-hydrogen) atoms. The summed E-state index contributed by atoms with van der Waals surface area (Å²) >= 11 is 0. The van der Waals surface area contributed by atoms with E-state index in [1.54, 1.807) is 7.11 Å². The van der Waals surface area contributed by atoms with Gasteiger partial charge in [-0.15, -0.1) is 0 Å². The van der Waals surface area contributed by atoms with Crippen LogP contribution in [0.1, 0.15) is 17.2 Å². The number of methoxy groups -OCH3 is 1. The van der Waals surface area contributed by atoms with E-state index < -0.39 is 6.10 Å². The van der Waals surface area contributed by atoms with Crippen LogP contribution in [-0.4, -0.2) is 73.8 Å². The number of hydrogen-bond acceptors (Lipinski definition) is 7. The van der Waals surface area contributed by atoms with Crippen molar-refractivity contribution in [3.63, 3.8) is 0 Å². The Bertz CT molecular complexity index is 912. The standard InChI is InChI=1S/C23H28N2O5/c1-28-16-6-5-15-11-20(22(27)18(15)12-16)25-9-7-24(8-10-25)19-3-2-4-21-23(19)29-14-17(13-26)30-21/h2-6,12,17,20,22,26-27H,7-11,13-14H2,1H3/t17?,20-,22-/m1/s1. The fourth-order valence-corrected chi connectivity index (χ4v) is 4.80. The van der Waals surface area contributed by atoms with Crippen LogP contribution in [0.15, 0.2) is 36.4 Å². The Morgan fingerprint density at radius 1 is 1.13 bits per heavy atom. The average Bonchev–Trinajstić information content (AvgIpc) is 3.14. The largest absolute Gasteiger partial charge is 0.497 e. The van der Waals surface area contributed by atoms with E-state index in [0.717, 1.165) is 55.3 Å². The van der Waals surface area contributed by atoms with Gasteiger partial charge >= 0.3 is 0 Å². The Morgan fingerprint density at radius 2 is 1.97 bits per heavy atom. The normalized spacial score (nSPS) is 25.8. The van der Waals surface area contributed by atoms with E-state index in [0.29, 0.717) is 12.4 Å². The smallest absolute Gasteiger partial charge is 0.184 e. The Morgan fingerprint density at radius 3 is 2.73 bits per heavy atom. The number of para-hydroxylation sites is 1. The van der Waals surface area contributed by atoms with Gasteiger partial charge in [0.05, 0.1) is 25.5 Å². The third-order valence-electron chi connectivity index (χ3n) is 6.46. The van der Waals surface area contributed by atoms with Crippen LogP contribution < -0.4 is 19.1 Å². The van der Waals surface area contributed by atoms with Gasteiger partial charge in [-0.2, -0.15) is 0 Å². The maximum atomic E-state index is 10.9. The van der Waals surface area contributed by atoms with Gasteiger partial charge in [0, 0.05) is 32.2 Å². The minimum absolute atomic E-state index is 0.0552. The summed E-state index contributed by atoms with van der Waals surface area (Å²) < 4.78 is 17.1. The zero-order valence-electron chi connectivity index (χ0n) is 17.2. The molecule has 3 atom stereocenters. The minimum Gasteiger partial charge on any atom is -0.497 e. The van der Waals surface area contributed by atoms with Crippen LogP contribution in [0, 0.1) is 0 Å². The highest BCUT2D eigenvalue weighted by Gasteiger charge is 2.37. The maximum Gasteiger partial charge on any atom is 0.184 e. The van der Waals surface area contributed by atoms with Crippen LogP contribution in [-0.2, 0) is 6.42 Å². The molecule has 0 spiro atoms. The van der Waals surface area contributed by atoms with Crippen LogP contribution in [0.4, 0.5) is 5.69 Å². The molecule has 2 aromatic rings. The molecule has 0 radical (unpaired) electrons. The molecule has 1 saturated heterocycles. The Balaban J connectivity index is 1.27. The second-order valence-electron chi connectivity index (χ2n) is 8.14. The van der Waals surface area contributed by atoms with Crippen LogP contribution in [0.2, 0.25) is 0 Å². The molecule has 0 amide bonds. The lowest BCUT2D eigenvalue weighted by atomic mass is 10.1. The fraction of sp³-hybridized carbons (Fsp3) is 0.478. The highest BCUT2D eigenvalue weighted by atomic mass is 16.6. The quantitative estimate of drug-likeness (QED) is 0.790. The molecule has 0 saturated carbocycles. The summed E-state index contributed by atoms with van der Waals surface area (Å²) in [5.74, 6) is 2.24. The second kappa shape index (κ2) is 7.98. The fourth-order valence-electron chi connectivity index (χ4n) is 4.80. The third-order valence-corrected chi connectivity index (χ3v) is 6.46. The molecule has 2 N–H and O–H groups in total. The first-order valence-electron chi connectivity index (χ1n) is 10.5. The molecule has 5 rings (SSSR count). The SMILES string of the molecule is COc1ccc2c(c1)[C@@H](O)[C@H](N1CCN(c3cccc4c3OCC(CO)O4)CC1)C2. The second-order valence-corrected chi connectivity index (χ2v) is 8.14. The lowest BCUT2D eigenvalue weighted by Crippen LogP contribution is -2.51. The molecular formula is C23H28N2O5. The summed E-state index contributed by atoms with van der Waals surface area (Å²) in [5, 5.41) is 20.3. The topological polar surface area (TPSA) is 74.6 Å². The zero-order valence-corrected chi connectivity index (χ0v) is 17.2. The van der Waals surface area contributed by atoms with E-state index in [9.17, 15) is 10.2 Å². The molecule has 3 aliphatic rings. The Labute approximate surface area is 176 Å². The number of aliphatic hydroxyl groups is 2. The molecule has 2 aliphatic heterocycles. The number of aliphatic hydroxyl groups excluding tert-OH is 2. The molecule has 0 aromatic heterocycles. The van der Waals surface area contributed by atoms with E-state index in [-0.39, 0.29) is 18.8 Å². The van der Waals surface area contributed by atoms with Crippen molar-refractivity contribution in [2.45, 2.75) is 24.7 Å². The molecule has 2 aromatic carbocycles. The molecule has 7 heteroatoms. The first-order valence-corrected chi connectivity index (χ1v) is 10.5. The predicted molar refractivity (Wildman–Crippen MR) is 113 cm³/mol. The van der Waals surface area contributed by atoms with Crippen molar-refractivity contribution < 1.29 is 24.4 Å². The van der Waals surface area contributed by atoms with Gasteiger partial charge in [0.2, 0.25) is 0 Å². The van der Waals surface area contributed by atoms with Crippen molar-refractivity contribution in [2.75, 3.05) is 51.4 Å². The number of ether oxygens (including phenoxy) is 3. The summed E-state index contributed by atoms with van der Waals surface area (Å²) in [5.41, 5.74) is 3.23. The molecule has 1 aliphatic carbocycles. The van der Waals surface area contributed by atoms with E-state index in [1.807, 2.05) is 24.3 Å². The summed E-state index contributed by atoms with van der Waals surface area (Å²) in [4.78, 5) is 4.71. The van der Waals surface area contributed by atoms with Crippen LogP contribution in [0.25, 0.3) is 0 Å². The van der Waals surface area contributed by atoms with Gasteiger partial charge in [-0.25, -0.2) is 0 Å². The summed E-state index contributed by atoms with van der Waals surface area (Å²) in [6.45, 7) is 3.75. The van der Waals surface area contributed by atoms with Crippen LogP contribution in [0.3, 0.4) is 0 Å². The van der Waals surface area contributed by atoms with E-state index in [2.05, 4.69) is 21.9 Å². The van der Waals surface area contributed by atoms with Crippen molar-refractivity contribution in [3.8, 4) is 17.2 Å². The van der Waals surface area contributed by atoms with E-state index in [1.165, 1.54) is 5.56 Å². The molecular weight excluding hydrogens is 384 g/mol. The Kier molecular flexibility index (Phi) is 5.18. The number of piperazine rings is 1. The number of hydrogen-bond donors (Lipinski definition) is 2. The highest BCUT2D eigenvalue weighted by molar-refractivity contribution is 5.65. The predicted octanol–water partition coefficient (Wildman–Crippen LogP) is 1.61. The highest BCUT2D eigenvalue weighted by Crippen LogP contribution is 2.42. The summed E-state index contributed by atoms with van der Waals surface area (Å²) in [6.07, 6.45) is 0.0628. The van der Waals surface area contributed by atoms with Gasteiger partial charge in [0.15, 0.2) is 17.6 Å². The molecule has 0 bridgehead atoms. The first kappa shape index (κ1) is 19.5. The monoisotopic (exact) mass is 412 g/mol. The van der Waals surface area contributed by atoms with Gasteiger partial charge in [-0.1, -0.05) is 12.1 Å². The van der Waals surface area contributed by atoms with Crippen molar-refractivity contribution in [3.05, 3.63) is 47.5 Å². The number of nitrogens with zero attached hydrogens (tertiary/aromatic N) is 2. The zero-order chi connectivity index (χ0) is 20.7. The summed E-state index contributed by atoms with van der Waals surface area (Å²) in [7, 11) is 1.65. The molecule has 2 heterocycles. The van der Waals surface area contributed by atoms with Gasteiger partial charge in [0.25, 0.3) is 0 Å². The van der Waals surface area contributed by atoms with Crippen molar-refractivity contribution in [1.82, 2.24) is 4.90 Å². The van der Waals surface area contributed by atoms with Crippen molar-refractivity contribution in [1.29, 1.82) is 0 Å². The van der Waals surface area contributed by atoms with Crippen molar-refractivity contribution in [2.24, 2.45) is 0 Å². The van der Waals surface area contributed by atoms with Gasteiger partial charge in [-0.05, 0) is 41.8 Å². The van der Waals surface area contributed by atoms with Gasteiger partial charge < -0.3 is 29.3 Å². The minimum atomic E-state index is -0.488. The van der Waals surface area contributed by atoms with E-state index >= 15 is 0 Å². The lowest BCUT2D eigenvalue weighted by molar-refractivity contribution is 0.0452. The van der Waals surface area contributed by atoms with Gasteiger partial charge in [-0.3, -0.25) is 4.90 Å². The molecule has 7 nitrogen and oxygen atoms in total. The summed E-state index contributed by atoms with van der Waals surface area (Å²) in [6, 6.07) is 12.0. The first-order chi connectivity index (χ1) is 14.7. The molecule has 160 valence electrons. The molecule has 1 unspecified atom stereocenters. The van der Waals surface area contributed by atoms with Gasteiger partial charge in [0.1, 0.15) is 12.4 Å². The number of rotatable bonds is 4. The number of benzene rings is 2. The van der Waals surface area contributed by atoms with E-state index in [4.69, 9.17) is 14.2 Å². The third kappa shape index (κ3) is 3.37. The number of fused-ring (bicyclic) bond motifs is 2. The van der Waals surface area contributed by atoms with Crippen molar-refractivity contribution >= 4 is 5.69 Å². The van der Waals surface area contributed by atoms with Crippen LogP contribution >= 0.6 is 0 Å².